The summed E-state index contributed by atoms with van der Waals surface area (Å²) in [4.78, 5) is 33.4. The van der Waals surface area contributed by atoms with Crippen LogP contribution in [0.25, 0.3) is 10.9 Å². The highest BCUT2D eigenvalue weighted by Crippen LogP contribution is 2.16. The molecule has 1 aliphatic rings. The number of hydrogen-bond acceptors (Lipinski definition) is 6. The van der Waals surface area contributed by atoms with Gasteiger partial charge in [0, 0.05) is 43.3 Å². The van der Waals surface area contributed by atoms with Gasteiger partial charge < -0.3 is 9.80 Å². The zero-order valence-electron chi connectivity index (χ0n) is 15.7. The van der Waals surface area contributed by atoms with Gasteiger partial charge in [-0.2, -0.15) is 0 Å². The Labute approximate surface area is 162 Å². The first kappa shape index (κ1) is 18.1. The van der Waals surface area contributed by atoms with Crippen molar-refractivity contribution >= 4 is 22.7 Å². The molecule has 1 saturated heterocycles. The molecule has 0 atom stereocenters. The van der Waals surface area contributed by atoms with E-state index in [1.54, 1.807) is 18.0 Å². The van der Waals surface area contributed by atoms with E-state index in [0.717, 1.165) is 17.3 Å². The maximum Gasteiger partial charge on any atom is 0.253 e. The molecule has 1 aromatic carbocycles. The van der Waals surface area contributed by atoms with Crippen molar-refractivity contribution in [3.8, 4) is 0 Å². The molecule has 3 aromatic rings. The van der Waals surface area contributed by atoms with Crippen LogP contribution in [0.3, 0.4) is 0 Å². The van der Waals surface area contributed by atoms with Gasteiger partial charge in [0.2, 0.25) is 5.91 Å². The van der Waals surface area contributed by atoms with Gasteiger partial charge in [0.1, 0.15) is 11.4 Å². The van der Waals surface area contributed by atoms with Crippen LogP contribution in [-0.4, -0.2) is 63.1 Å². The quantitative estimate of drug-likeness (QED) is 0.689. The fourth-order valence-electron chi connectivity index (χ4n) is 3.43. The second kappa shape index (κ2) is 7.75. The summed E-state index contributed by atoms with van der Waals surface area (Å²) in [6.07, 6.45) is 2.64. The minimum absolute atomic E-state index is 0.0170. The molecular formula is C20H21N5O3. The number of nitrogens with zero attached hydrogens (tertiary/aromatic N) is 5. The van der Waals surface area contributed by atoms with E-state index in [4.69, 9.17) is 0 Å². The summed E-state index contributed by atoms with van der Waals surface area (Å²) in [7, 11) is 0. The molecule has 4 rings (SSSR count). The van der Waals surface area contributed by atoms with Crippen molar-refractivity contribution in [2.75, 3.05) is 26.2 Å². The molecule has 0 N–H and O–H groups in total. The van der Waals surface area contributed by atoms with E-state index >= 15 is 0 Å². The molecule has 0 bridgehead atoms. The highest BCUT2D eigenvalue weighted by Gasteiger charge is 2.24. The Balaban J connectivity index is 1.42. The summed E-state index contributed by atoms with van der Waals surface area (Å²) in [5.41, 5.74) is 2.70. The largest absolute Gasteiger partial charge is 0.341 e. The Hall–Kier alpha value is -3.29. The third-order valence-corrected chi connectivity index (χ3v) is 5.05. The molecule has 0 unspecified atom stereocenters. The van der Waals surface area contributed by atoms with Crippen LogP contribution < -0.4 is 0 Å². The van der Waals surface area contributed by atoms with Crippen molar-refractivity contribution in [2.24, 2.45) is 0 Å². The van der Waals surface area contributed by atoms with Crippen LogP contribution in [0.2, 0.25) is 0 Å². The van der Waals surface area contributed by atoms with Crippen molar-refractivity contribution in [1.82, 2.24) is 25.1 Å². The summed E-state index contributed by atoms with van der Waals surface area (Å²) in [6, 6.07) is 9.36. The number of rotatable bonds is 3. The van der Waals surface area contributed by atoms with Gasteiger partial charge in [-0.3, -0.25) is 14.6 Å². The first-order valence-corrected chi connectivity index (χ1v) is 9.32. The molecule has 0 aliphatic carbocycles. The number of carbonyl (C=O) groups excluding carboxylic acids is 2. The average Bonchev–Trinajstić information content (AvgIpc) is 2.97. The van der Waals surface area contributed by atoms with Gasteiger partial charge in [-0.1, -0.05) is 16.4 Å². The van der Waals surface area contributed by atoms with Crippen molar-refractivity contribution in [3.63, 3.8) is 0 Å². The van der Waals surface area contributed by atoms with Crippen molar-refractivity contribution in [2.45, 2.75) is 19.8 Å². The Bertz CT molecular complexity index is 1020. The summed E-state index contributed by atoms with van der Waals surface area (Å²) in [5, 5.41) is 8.43. The van der Waals surface area contributed by atoms with Gasteiger partial charge in [0.25, 0.3) is 5.91 Å². The lowest BCUT2D eigenvalue weighted by molar-refractivity contribution is -0.130. The lowest BCUT2D eigenvalue weighted by Crippen LogP contribution is -2.38. The van der Waals surface area contributed by atoms with Gasteiger partial charge in [-0.25, -0.2) is 4.63 Å². The van der Waals surface area contributed by atoms with Crippen LogP contribution in [-0.2, 0) is 11.2 Å². The zero-order valence-corrected chi connectivity index (χ0v) is 15.7. The third kappa shape index (κ3) is 3.71. The third-order valence-electron chi connectivity index (χ3n) is 5.05. The van der Waals surface area contributed by atoms with Crippen LogP contribution in [0.1, 0.15) is 28.2 Å². The van der Waals surface area contributed by atoms with E-state index in [9.17, 15) is 9.59 Å². The summed E-state index contributed by atoms with van der Waals surface area (Å²) in [5.74, 6) is -0.0403. The van der Waals surface area contributed by atoms with Gasteiger partial charge in [0.05, 0.1) is 11.9 Å². The van der Waals surface area contributed by atoms with Gasteiger partial charge >= 0.3 is 0 Å². The summed E-state index contributed by atoms with van der Waals surface area (Å²) >= 11 is 0. The first-order chi connectivity index (χ1) is 13.6. The predicted octanol–water partition coefficient (Wildman–Crippen LogP) is 1.84. The highest BCUT2D eigenvalue weighted by atomic mass is 16.6. The normalized spacial score (nSPS) is 14.9. The molecular weight excluding hydrogens is 358 g/mol. The van der Waals surface area contributed by atoms with Gasteiger partial charge in [0.15, 0.2) is 0 Å². The molecule has 0 spiro atoms. The van der Waals surface area contributed by atoms with E-state index in [0.29, 0.717) is 43.1 Å². The minimum atomic E-state index is -0.0233. The molecule has 8 heteroatoms. The standard InChI is InChI=1S/C20H21N5O3/c1-14-18(23-28-22-14)13-19(26)24-8-3-9-25(11-10-24)20(27)16-5-6-17-15(12-16)4-2-7-21-17/h2,4-7,12H,3,8-11,13H2,1H3. The molecule has 2 amide bonds. The van der Waals surface area contributed by atoms with E-state index < -0.39 is 0 Å². The van der Waals surface area contributed by atoms with Crippen LogP contribution in [0, 0.1) is 6.92 Å². The Kier molecular flexibility index (Phi) is 5.01. The Morgan fingerprint density at radius 2 is 1.89 bits per heavy atom. The molecule has 144 valence electrons. The molecule has 0 saturated carbocycles. The van der Waals surface area contributed by atoms with Crippen LogP contribution in [0.4, 0.5) is 0 Å². The van der Waals surface area contributed by atoms with Crippen molar-refractivity contribution in [3.05, 3.63) is 53.5 Å². The van der Waals surface area contributed by atoms with Crippen molar-refractivity contribution in [1.29, 1.82) is 0 Å². The number of pyridine rings is 1. The number of aromatic nitrogens is 3. The number of aryl methyl sites for hydroxylation is 1. The SMILES string of the molecule is Cc1nonc1CC(=O)N1CCCN(C(=O)c2ccc3ncccc3c2)CC1. The van der Waals surface area contributed by atoms with Crippen molar-refractivity contribution < 1.29 is 14.2 Å². The van der Waals surface area contributed by atoms with E-state index in [1.165, 1.54) is 0 Å². The second-order valence-electron chi connectivity index (χ2n) is 6.91. The smallest absolute Gasteiger partial charge is 0.253 e. The lowest BCUT2D eigenvalue weighted by Gasteiger charge is -2.22. The van der Waals surface area contributed by atoms with E-state index in [-0.39, 0.29) is 18.2 Å². The van der Waals surface area contributed by atoms with E-state index in [2.05, 4.69) is 19.9 Å². The highest BCUT2D eigenvalue weighted by molar-refractivity contribution is 5.98. The van der Waals surface area contributed by atoms with Crippen LogP contribution in [0.15, 0.2) is 41.2 Å². The number of benzene rings is 1. The van der Waals surface area contributed by atoms with Crippen LogP contribution >= 0.6 is 0 Å². The Morgan fingerprint density at radius 1 is 1.07 bits per heavy atom. The fourth-order valence-corrected chi connectivity index (χ4v) is 3.43. The lowest BCUT2D eigenvalue weighted by atomic mass is 10.1. The first-order valence-electron chi connectivity index (χ1n) is 9.32. The maximum atomic E-state index is 12.9. The summed E-state index contributed by atoms with van der Waals surface area (Å²) < 4.78 is 4.66. The molecule has 2 aromatic heterocycles. The van der Waals surface area contributed by atoms with Crippen LogP contribution in [0.5, 0.6) is 0 Å². The summed E-state index contributed by atoms with van der Waals surface area (Å²) in [6.45, 7) is 4.02. The molecule has 8 nitrogen and oxygen atoms in total. The van der Waals surface area contributed by atoms with Gasteiger partial charge in [-0.15, -0.1) is 0 Å². The van der Waals surface area contributed by atoms with Gasteiger partial charge in [-0.05, 0) is 37.6 Å². The fraction of sp³-hybridized carbons (Fsp3) is 0.350. The molecule has 0 radical (unpaired) electrons. The maximum absolute atomic E-state index is 12.9. The number of fused-ring (bicyclic) bond motifs is 1. The Morgan fingerprint density at radius 3 is 2.71 bits per heavy atom. The molecule has 3 heterocycles. The predicted molar refractivity (Wildman–Crippen MR) is 102 cm³/mol. The van der Waals surface area contributed by atoms with E-state index in [1.807, 2.05) is 35.2 Å². The minimum Gasteiger partial charge on any atom is -0.341 e. The molecule has 28 heavy (non-hydrogen) atoms. The monoisotopic (exact) mass is 379 g/mol. The molecule has 1 fully saturated rings. The average molecular weight is 379 g/mol. The zero-order chi connectivity index (χ0) is 19.5. The second-order valence-corrected chi connectivity index (χ2v) is 6.91. The number of carbonyl (C=O) groups is 2. The topological polar surface area (TPSA) is 92.4 Å². The number of hydrogen-bond donors (Lipinski definition) is 0. The molecule has 1 aliphatic heterocycles. The number of amides is 2.